The Balaban J connectivity index is 2.13. The molecule has 1 heterocycles. The van der Waals surface area contributed by atoms with Crippen LogP contribution in [0.1, 0.15) is 23.9 Å². The molecule has 4 heteroatoms. The van der Waals surface area contributed by atoms with Crippen LogP contribution < -0.4 is 10.5 Å². The van der Waals surface area contributed by atoms with E-state index in [4.69, 9.17) is 10.5 Å². The predicted octanol–water partition coefficient (Wildman–Crippen LogP) is 2.58. The van der Waals surface area contributed by atoms with Crippen molar-refractivity contribution >= 4 is 0 Å². The van der Waals surface area contributed by atoms with E-state index in [2.05, 4.69) is 28.8 Å². The molecule has 2 aromatic rings. The Morgan fingerprint density at radius 3 is 2.71 bits per heavy atom. The smallest absolute Gasteiger partial charge is 0.122 e. The lowest BCUT2D eigenvalue weighted by molar-refractivity contribution is 0.403. The van der Waals surface area contributed by atoms with E-state index in [1.165, 1.54) is 11.3 Å². The fourth-order valence-electron chi connectivity index (χ4n) is 2.75. The highest BCUT2D eigenvalue weighted by Crippen LogP contribution is 2.22. The van der Waals surface area contributed by atoms with Crippen molar-refractivity contribution in [3.8, 4) is 5.75 Å². The normalized spacial score (nSPS) is 12.4. The van der Waals surface area contributed by atoms with Crippen molar-refractivity contribution in [1.29, 1.82) is 0 Å². The molecule has 0 aliphatic rings. The van der Waals surface area contributed by atoms with E-state index in [1.54, 1.807) is 7.11 Å². The van der Waals surface area contributed by atoms with Crippen molar-refractivity contribution in [3.05, 3.63) is 47.3 Å². The lowest BCUT2D eigenvalue weighted by atomic mass is 9.94. The van der Waals surface area contributed by atoms with Gasteiger partial charge < -0.3 is 10.5 Å². The van der Waals surface area contributed by atoms with Gasteiger partial charge in [0.2, 0.25) is 0 Å². The van der Waals surface area contributed by atoms with E-state index in [0.29, 0.717) is 12.5 Å². The zero-order chi connectivity index (χ0) is 15.2. The highest BCUT2D eigenvalue weighted by Gasteiger charge is 2.15. The average molecular weight is 287 g/mol. The summed E-state index contributed by atoms with van der Waals surface area (Å²) in [7, 11) is 1.71. The molecule has 0 saturated heterocycles. The molecule has 4 nitrogen and oxygen atoms in total. The van der Waals surface area contributed by atoms with Crippen LogP contribution in [0.4, 0.5) is 0 Å². The number of ether oxygens (including phenoxy) is 1. The summed E-state index contributed by atoms with van der Waals surface area (Å²) in [5.74, 6) is 1.33. The average Bonchev–Trinajstić information content (AvgIpc) is 2.86. The maximum absolute atomic E-state index is 5.99. The Kier molecular flexibility index (Phi) is 5.39. The fourth-order valence-corrected chi connectivity index (χ4v) is 2.75. The number of hydrogen-bond acceptors (Lipinski definition) is 3. The van der Waals surface area contributed by atoms with Crippen LogP contribution in [0.15, 0.2) is 30.3 Å². The first-order chi connectivity index (χ1) is 10.2. The van der Waals surface area contributed by atoms with Gasteiger partial charge in [0.1, 0.15) is 5.75 Å². The van der Waals surface area contributed by atoms with Crippen molar-refractivity contribution in [3.63, 3.8) is 0 Å². The van der Waals surface area contributed by atoms with Crippen molar-refractivity contribution in [2.45, 2.75) is 33.2 Å². The summed E-state index contributed by atoms with van der Waals surface area (Å²) >= 11 is 0. The molecule has 0 bridgehead atoms. The lowest BCUT2D eigenvalue weighted by Crippen LogP contribution is -2.21. The fraction of sp³-hybridized carbons (Fsp3) is 0.471. The molecular weight excluding hydrogens is 262 g/mol. The topological polar surface area (TPSA) is 53.1 Å². The number of hydrogen-bond donors (Lipinski definition) is 1. The minimum atomic E-state index is 0.391. The highest BCUT2D eigenvalue weighted by molar-refractivity contribution is 5.33. The number of nitrogens with zero attached hydrogens (tertiary/aromatic N) is 2. The molecule has 1 aromatic carbocycles. The number of nitrogens with two attached hydrogens (primary N) is 1. The highest BCUT2D eigenvalue weighted by atomic mass is 16.5. The molecule has 0 aliphatic heterocycles. The molecule has 21 heavy (non-hydrogen) atoms. The third-order valence-electron chi connectivity index (χ3n) is 3.82. The third kappa shape index (κ3) is 3.85. The standard InChI is InChI=1S/C17H25N3O/c1-4-20-16(9-13(2)19-20)11-14(12-18)10-15-7-5-6-8-17(15)21-3/h5-9,14H,4,10-12,18H2,1-3H3. The van der Waals surface area contributed by atoms with Crippen molar-refractivity contribution in [2.24, 2.45) is 11.7 Å². The molecule has 0 fully saturated rings. The summed E-state index contributed by atoms with van der Waals surface area (Å²) in [6, 6.07) is 10.3. The number of para-hydroxylation sites is 1. The second-order valence-electron chi connectivity index (χ2n) is 5.41. The van der Waals surface area contributed by atoms with Gasteiger partial charge in [-0.25, -0.2) is 0 Å². The van der Waals surface area contributed by atoms with Gasteiger partial charge in [0.25, 0.3) is 0 Å². The van der Waals surface area contributed by atoms with Crippen molar-refractivity contribution in [1.82, 2.24) is 9.78 Å². The summed E-state index contributed by atoms with van der Waals surface area (Å²) in [5, 5.41) is 4.51. The van der Waals surface area contributed by atoms with Gasteiger partial charge in [0.05, 0.1) is 12.8 Å². The van der Waals surface area contributed by atoms with Gasteiger partial charge in [-0.3, -0.25) is 4.68 Å². The largest absolute Gasteiger partial charge is 0.496 e. The van der Waals surface area contributed by atoms with Crippen LogP contribution >= 0.6 is 0 Å². The summed E-state index contributed by atoms with van der Waals surface area (Å²) in [4.78, 5) is 0. The van der Waals surface area contributed by atoms with Crippen LogP contribution in [0.5, 0.6) is 5.75 Å². The van der Waals surface area contributed by atoms with Crippen LogP contribution in [-0.2, 0) is 19.4 Å². The summed E-state index contributed by atoms with van der Waals surface area (Å²) in [6.07, 6.45) is 1.87. The number of methoxy groups -OCH3 is 1. The quantitative estimate of drug-likeness (QED) is 0.851. The number of aryl methyl sites for hydroxylation is 2. The van der Waals surface area contributed by atoms with E-state index in [1.807, 2.05) is 25.1 Å². The SMILES string of the molecule is CCn1nc(C)cc1CC(CN)Cc1ccccc1OC. The number of aromatic nitrogens is 2. The van der Waals surface area contributed by atoms with Gasteiger partial charge in [-0.15, -0.1) is 0 Å². The molecule has 0 spiro atoms. The van der Waals surface area contributed by atoms with Crippen LogP contribution in [0, 0.1) is 12.8 Å². The Labute approximate surface area is 126 Å². The molecule has 0 saturated carbocycles. The van der Waals surface area contributed by atoms with E-state index < -0.39 is 0 Å². The molecule has 1 unspecified atom stereocenters. The second-order valence-corrected chi connectivity index (χ2v) is 5.41. The van der Waals surface area contributed by atoms with Gasteiger partial charge in [0, 0.05) is 12.2 Å². The lowest BCUT2D eigenvalue weighted by Gasteiger charge is -2.17. The first-order valence-corrected chi connectivity index (χ1v) is 7.53. The second kappa shape index (κ2) is 7.27. The zero-order valence-electron chi connectivity index (χ0n) is 13.2. The Hall–Kier alpha value is -1.81. The molecule has 1 atom stereocenters. The van der Waals surface area contributed by atoms with Crippen LogP contribution in [0.2, 0.25) is 0 Å². The van der Waals surface area contributed by atoms with Gasteiger partial charge in [0.15, 0.2) is 0 Å². The maximum Gasteiger partial charge on any atom is 0.122 e. The Morgan fingerprint density at radius 1 is 1.29 bits per heavy atom. The van der Waals surface area contributed by atoms with Gasteiger partial charge in [-0.1, -0.05) is 18.2 Å². The van der Waals surface area contributed by atoms with Crippen LogP contribution in [0.3, 0.4) is 0 Å². The molecule has 2 rings (SSSR count). The molecule has 2 N–H and O–H groups in total. The van der Waals surface area contributed by atoms with Crippen LogP contribution in [-0.4, -0.2) is 23.4 Å². The van der Waals surface area contributed by atoms with Crippen LogP contribution in [0.25, 0.3) is 0 Å². The molecule has 1 aromatic heterocycles. The first kappa shape index (κ1) is 15.6. The summed E-state index contributed by atoms with van der Waals surface area (Å²) in [5.41, 5.74) is 9.54. The predicted molar refractivity (Wildman–Crippen MR) is 85.6 cm³/mol. The molecule has 0 amide bonds. The van der Waals surface area contributed by atoms with Gasteiger partial charge in [-0.2, -0.15) is 5.10 Å². The molecular formula is C17H25N3O. The minimum absolute atomic E-state index is 0.391. The maximum atomic E-state index is 5.99. The Bertz CT molecular complexity index is 577. The number of benzene rings is 1. The van der Waals surface area contributed by atoms with E-state index in [-0.39, 0.29) is 0 Å². The molecule has 0 aliphatic carbocycles. The van der Waals surface area contributed by atoms with Crippen molar-refractivity contribution in [2.75, 3.05) is 13.7 Å². The zero-order valence-corrected chi connectivity index (χ0v) is 13.2. The van der Waals surface area contributed by atoms with Gasteiger partial charge in [-0.05, 0) is 56.8 Å². The third-order valence-corrected chi connectivity index (χ3v) is 3.82. The summed E-state index contributed by atoms with van der Waals surface area (Å²) in [6.45, 7) is 5.71. The first-order valence-electron chi connectivity index (χ1n) is 7.53. The minimum Gasteiger partial charge on any atom is -0.496 e. The van der Waals surface area contributed by atoms with E-state index >= 15 is 0 Å². The van der Waals surface area contributed by atoms with Gasteiger partial charge >= 0.3 is 0 Å². The Morgan fingerprint density at radius 2 is 2.05 bits per heavy atom. The summed E-state index contributed by atoms with van der Waals surface area (Å²) < 4.78 is 7.50. The van der Waals surface area contributed by atoms with Crippen molar-refractivity contribution < 1.29 is 4.74 Å². The van der Waals surface area contributed by atoms with E-state index in [0.717, 1.165) is 30.8 Å². The number of rotatable bonds is 7. The molecule has 114 valence electrons. The monoisotopic (exact) mass is 287 g/mol. The van der Waals surface area contributed by atoms with E-state index in [9.17, 15) is 0 Å². The molecule has 0 radical (unpaired) electrons.